The van der Waals surface area contributed by atoms with Gasteiger partial charge in [-0.25, -0.2) is 9.59 Å². The van der Waals surface area contributed by atoms with Crippen LogP contribution in [0.2, 0.25) is 10.0 Å². The van der Waals surface area contributed by atoms with Gasteiger partial charge in [0, 0.05) is 34.8 Å². The Morgan fingerprint density at radius 2 is 1.68 bits per heavy atom. The highest BCUT2D eigenvalue weighted by Gasteiger charge is 2.44. The van der Waals surface area contributed by atoms with Crippen molar-refractivity contribution in [3.63, 3.8) is 0 Å². The van der Waals surface area contributed by atoms with Gasteiger partial charge in [0.05, 0.1) is 28.3 Å². The molecule has 2 unspecified atom stereocenters. The fourth-order valence-electron chi connectivity index (χ4n) is 6.57. The molecule has 7 rings (SSSR count). The number of carbonyl (C=O) groups excluding carboxylic acids is 1. The van der Waals surface area contributed by atoms with E-state index in [1.165, 1.54) is 0 Å². The molecule has 2 aliphatic carbocycles. The Hall–Kier alpha value is -3.07. The molecular weight excluding hydrogens is 565 g/mol. The Balaban J connectivity index is 1.04. The molecule has 2 saturated heterocycles. The lowest BCUT2D eigenvalue weighted by atomic mass is 9.99. The molecule has 0 radical (unpaired) electrons. The van der Waals surface area contributed by atoms with E-state index in [2.05, 4.69) is 10.5 Å². The Labute approximate surface area is 247 Å². The van der Waals surface area contributed by atoms with Gasteiger partial charge >= 0.3 is 12.0 Å². The minimum absolute atomic E-state index is 0.00458. The number of rotatable bonds is 8. The van der Waals surface area contributed by atoms with Crippen LogP contribution in [-0.4, -0.2) is 45.4 Å². The molecule has 2 amide bonds. The Bertz CT molecular complexity index is 1480. The van der Waals surface area contributed by atoms with Gasteiger partial charge in [-0.3, -0.25) is 0 Å². The van der Waals surface area contributed by atoms with Gasteiger partial charge in [-0.2, -0.15) is 0 Å². The number of anilines is 1. The fraction of sp³-hybridized carbons (Fsp3) is 0.452. The van der Waals surface area contributed by atoms with Crippen molar-refractivity contribution in [2.75, 3.05) is 5.32 Å². The Morgan fingerprint density at radius 1 is 1.00 bits per heavy atom. The number of benzene rings is 2. The summed E-state index contributed by atoms with van der Waals surface area (Å²) in [5, 5.41) is 17.9. The van der Waals surface area contributed by atoms with E-state index in [1.54, 1.807) is 30.3 Å². The minimum Gasteiger partial charge on any atom is -0.478 e. The number of aromatic carboxylic acids is 1. The number of halogens is 2. The molecule has 3 aromatic rings. The highest BCUT2D eigenvalue weighted by Crippen LogP contribution is 2.47. The summed E-state index contributed by atoms with van der Waals surface area (Å²) in [5.41, 5.74) is 4.10. The number of carboxylic acid groups (broad SMARTS) is 1. The number of carbonyl (C=O) groups is 2. The number of nitrogens with one attached hydrogen (secondary N) is 1. The maximum Gasteiger partial charge on any atom is 0.335 e. The lowest BCUT2D eigenvalue weighted by Crippen LogP contribution is -2.50. The molecule has 41 heavy (non-hydrogen) atoms. The molecule has 2 saturated carbocycles. The van der Waals surface area contributed by atoms with Crippen molar-refractivity contribution in [3.05, 3.63) is 68.9 Å². The summed E-state index contributed by atoms with van der Waals surface area (Å²) in [5.74, 6) is 0.561. The van der Waals surface area contributed by atoms with Crippen molar-refractivity contribution in [1.29, 1.82) is 0 Å². The Morgan fingerprint density at radius 3 is 2.32 bits per heavy atom. The third kappa shape index (κ3) is 5.22. The number of fused-ring (bicyclic) bond motifs is 2. The van der Waals surface area contributed by atoms with Crippen molar-refractivity contribution >= 4 is 40.9 Å². The lowest BCUT2D eigenvalue weighted by Gasteiger charge is -2.38. The average Bonchev–Trinajstić information content (AvgIpc) is 3.88. The second-order valence-electron chi connectivity index (χ2n) is 11.8. The molecule has 214 valence electrons. The predicted molar refractivity (Wildman–Crippen MR) is 155 cm³/mol. The van der Waals surface area contributed by atoms with Gasteiger partial charge < -0.3 is 24.6 Å². The second kappa shape index (κ2) is 10.6. The van der Waals surface area contributed by atoms with Crippen molar-refractivity contribution < 1.29 is 24.0 Å². The summed E-state index contributed by atoms with van der Waals surface area (Å²) in [4.78, 5) is 27.0. The van der Waals surface area contributed by atoms with E-state index in [0.29, 0.717) is 45.4 Å². The van der Waals surface area contributed by atoms with Crippen LogP contribution >= 0.6 is 23.2 Å². The monoisotopic (exact) mass is 595 g/mol. The third-order valence-corrected chi connectivity index (χ3v) is 9.54. The molecule has 4 aliphatic rings. The van der Waals surface area contributed by atoms with Crippen LogP contribution in [0.15, 0.2) is 40.9 Å². The maximum absolute atomic E-state index is 13.5. The number of amides is 2. The van der Waals surface area contributed by atoms with E-state index < -0.39 is 5.97 Å². The average molecular weight is 597 g/mol. The standard InChI is InChI=1S/C31H31Cl2N3O5/c32-24-2-1-3-25(33)27(24)28-23(29(41-35-28)17-6-7-17)15-40-21-13-19-9-10-20(14-21)36(19)31(39)34-26-11-8-18(30(37)38)12-22(26)16-4-5-16/h1-3,8,11-12,16-17,19-21H,4-7,9-10,13-15H2,(H,34,39)(H,37,38). The van der Waals surface area contributed by atoms with Crippen molar-refractivity contribution in [1.82, 2.24) is 10.1 Å². The minimum atomic E-state index is -0.956. The number of carboxylic acids is 1. The summed E-state index contributed by atoms with van der Waals surface area (Å²) >= 11 is 13.0. The molecule has 0 spiro atoms. The van der Waals surface area contributed by atoms with Crippen molar-refractivity contribution in [3.8, 4) is 11.3 Å². The summed E-state index contributed by atoms with van der Waals surface area (Å²) in [6, 6.07) is 10.4. The van der Waals surface area contributed by atoms with Crippen molar-refractivity contribution in [2.45, 2.75) is 88.0 Å². The number of aromatic nitrogens is 1. The van der Waals surface area contributed by atoms with Gasteiger partial charge in [0.2, 0.25) is 0 Å². The second-order valence-corrected chi connectivity index (χ2v) is 12.6. The zero-order chi connectivity index (χ0) is 28.2. The fourth-order valence-corrected chi connectivity index (χ4v) is 7.14. The van der Waals surface area contributed by atoms with Gasteiger partial charge in [0.25, 0.3) is 0 Å². The molecule has 2 N–H and O–H groups in total. The van der Waals surface area contributed by atoms with Crippen LogP contribution in [0, 0.1) is 0 Å². The normalized spacial score (nSPS) is 23.6. The highest BCUT2D eigenvalue weighted by molar-refractivity contribution is 6.39. The van der Waals surface area contributed by atoms with E-state index in [1.807, 2.05) is 11.0 Å². The van der Waals surface area contributed by atoms with Gasteiger partial charge in [0.1, 0.15) is 11.5 Å². The maximum atomic E-state index is 13.5. The molecule has 10 heteroatoms. The van der Waals surface area contributed by atoms with Crippen LogP contribution in [0.3, 0.4) is 0 Å². The first-order chi connectivity index (χ1) is 19.9. The number of urea groups is 1. The van der Waals surface area contributed by atoms with Crippen LogP contribution < -0.4 is 5.32 Å². The van der Waals surface area contributed by atoms with E-state index in [9.17, 15) is 14.7 Å². The van der Waals surface area contributed by atoms with E-state index in [0.717, 1.165) is 68.3 Å². The highest BCUT2D eigenvalue weighted by atomic mass is 35.5. The zero-order valence-corrected chi connectivity index (χ0v) is 24.0. The zero-order valence-electron chi connectivity index (χ0n) is 22.4. The molecule has 2 bridgehead atoms. The third-order valence-electron chi connectivity index (χ3n) is 8.91. The van der Waals surface area contributed by atoms with E-state index in [-0.39, 0.29) is 29.8 Å². The van der Waals surface area contributed by atoms with Gasteiger partial charge in [-0.05, 0) is 93.2 Å². The first-order valence-corrected chi connectivity index (χ1v) is 15.1. The van der Waals surface area contributed by atoms with E-state index in [4.69, 9.17) is 32.5 Å². The first-order valence-electron chi connectivity index (χ1n) is 14.4. The summed E-state index contributed by atoms with van der Waals surface area (Å²) in [6.45, 7) is 0.350. The number of piperidine rings is 1. The molecule has 2 aromatic carbocycles. The Kier molecular flexibility index (Phi) is 6.96. The lowest BCUT2D eigenvalue weighted by molar-refractivity contribution is -0.0158. The number of ether oxygens (including phenoxy) is 1. The molecular formula is C31H31Cl2N3O5. The number of hydrogen-bond donors (Lipinski definition) is 2. The summed E-state index contributed by atoms with van der Waals surface area (Å²) in [7, 11) is 0. The first kappa shape index (κ1) is 26.8. The topological polar surface area (TPSA) is 105 Å². The number of nitrogens with zero attached hydrogens (tertiary/aromatic N) is 2. The molecule has 1 aromatic heterocycles. The summed E-state index contributed by atoms with van der Waals surface area (Å²) < 4.78 is 12.3. The van der Waals surface area contributed by atoms with Crippen LogP contribution in [0.5, 0.6) is 0 Å². The number of hydrogen-bond acceptors (Lipinski definition) is 5. The smallest absolute Gasteiger partial charge is 0.335 e. The quantitative estimate of drug-likeness (QED) is 0.275. The van der Waals surface area contributed by atoms with Crippen LogP contribution in [0.25, 0.3) is 11.3 Å². The van der Waals surface area contributed by atoms with Crippen molar-refractivity contribution in [2.24, 2.45) is 0 Å². The molecule has 2 aliphatic heterocycles. The van der Waals surface area contributed by atoms with E-state index >= 15 is 0 Å². The van der Waals surface area contributed by atoms with Crippen LogP contribution in [0.4, 0.5) is 10.5 Å². The van der Waals surface area contributed by atoms with Crippen LogP contribution in [-0.2, 0) is 11.3 Å². The molecule has 2 atom stereocenters. The molecule has 8 nitrogen and oxygen atoms in total. The molecule has 4 fully saturated rings. The largest absolute Gasteiger partial charge is 0.478 e. The predicted octanol–water partition coefficient (Wildman–Crippen LogP) is 7.85. The summed E-state index contributed by atoms with van der Waals surface area (Å²) in [6.07, 6.45) is 7.54. The molecule has 3 heterocycles. The van der Waals surface area contributed by atoms with Gasteiger partial charge in [-0.15, -0.1) is 0 Å². The van der Waals surface area contributed by atoms with Gasteiger partial charge in [-0.1, -0.05) is 34.4 Å². The van der Waals surface area contributed by atoms with Crippen LogP contribution in [0.1, 0.15) is 90.4 Å². The van der Waals surface area contributed by atoms with Gasteiger partial charge in [0.15, 0.2) is 0 Å². The SMILES string of the molecule is O=C(O)c1ccc(NC(=O)N2C3CCC2CC(OCc2c(-c4c(Cl)cccc4Cl)noc2C2CC2)C3)c(C2CC2)c1.